The largest absolute Gasteiger partial charge is 0.484 e. The molecule has 1 fully saturated rings. The SMILES string of the molecule is Cc1cccc(OCC(=O)N2CC[NH+](Cc3ccc[nH+]c3)CC2)c1. The average Bonchev–Trinajstić information content (AvgIpc) is 2.61. The highest BCUT2D eigenvalue weighted by atomic mass is 16.5. The van der Waals surface area contributed by atoms with Gasteiger partial charge in [-0.2, -0.15) is 0 Å². The van der Waals surface area contributed by atoms with Crippen molar-refractivity contribution in [3.63, 3.8) is 0 Å². The van der Waals surface area contributed by atoms with Gasteiger partial charge in [-0.3, -0.25) is 4.79 Å². The molecule has 1 aliphatic heterocycles. The number of carbonyl (C=O) groups excluding carboxylic acids is 1. The Labute approximate surface area is 142 Å². The van der Waals surface area contributed by atoms with Crippen LogP contribution in [0.1, 0.15) is 11.1 Å². The van der Waals surface area contributed by atoms with Crippen molar-refractivity contribution in [2.24, 2.45) is 0 Å². The van der Waals surface area contributed by atoms with E-state index in [0.29, 0.717) is 0 Å². The topological polar surface area (TPSA) is 48.1 Å². The first-order valence-electron chi connectivity index (χ1n) is 8.46. The minimum atomic E-state index is 0.0728. The number of quaternary nitrogens is 1. The number of nitrogens with zero attached hydrogens (tertiary/aromatic N) is 1. The molecule has 0 saturated carbocycles. The Morgan fingerprint density at radius 2 is 2.08 bits per heavy atom. The van der Waals surface area contributed by atoms with Crippen LogP contribution in [0.2, 0.25) is 0 Å². The van der Waals surface area contributed by atoms with Crippen LogP contribution >= 0.6 is 0 Å². The molecule has 0 unspecified atom stereocenters. The van der Waals surface area contributed by atoms with E-state index in [-0.39, 0.29) is 12.5 Å². The number of piperazine rings is 1. The number of benzene rings is 1. The van der Waals surface area contributed by atoms with E-state index in [2.05, 4.69) is 11.1 Å². The first-order valence-corrected chi connectivity index (χ1v) is 8.46. The Bertz CT molecular complexity index is 667. The lowest BCUT2D eigenvalue weighted by Gasteiger charge is -2.32. The van der Waals surface area contributed by atoms with Crippen LogP contribution in [0.25, 0.3) is 0 Å². The lowest BCUT2D eigenvalue weighted by Crippen LogP contribution is -3.13. The monoisotopic (exact) mass is 327 g/mol. The number of pyridine rings is 1. The number of carbonyl (C=O) groups is 1. The fraction of sp³-hybridized carbons (Fsp3) is 0.368. The number of rotatable bonds is 5. The van der Waals surface area contributed by atoms with Crippen molar-refractivity contribution in [2.75, 3.05) is 32.8 Å². The number of aryl methyl sites for hydroxylation is 1. The van der Waals surface area contributed by atoms with Gasteiger partial charge in [0, 0.05) is 6.07 Å². The zero-order chi connectivity index (χ0) is 16.8. The molecule has 0 bridgehead atoms. The zero-order valence-electron chi connectivity index (χ0n) is 14.1. The van der Waals surface area contributed by atoms with E-state index in [1.54, 1.807) is 0 Å². The van der Waals surface area contributed by atoms with E-state index in [1.165, 1.54) is 10.5 Å². The quantitative estimate of drug-likeness (QED) is 0.848. The molecule has 1 saturated heterocycles. The molecule has 2 N–H and O–H groups in total. The van der Waals surface area contributed by atoms with E-state index >= 15 is 0 Å². The van der Waals surface area contributed by atoms with E-state index < -0.39 is 0 Å². The van der Waals surface area contributed by atoms with Gasteiger partial charge in [-0.05, 0) is 30.7 Å². The summed E-state index contributed by atoms with van der Waals surface area (Å²) >= 11 is 0. The second kappa shape index (κ2) is 7.93. The highest BCUT2D eigenvalue weighted by molar-refractivity contribution is 5.77. The standard InChI is InChI=1S/C19H23N3O2/c1-16-4-2-6-18(12-16)24-15-19(23)22-10-8-21(9-11-22)14-17-5-3-7-20-13-17/h2-7,12-13H,8-11,14-15H2,1H3/p+2. The fourth-order valence-electron chi connectivity index (χ4n) is 3.02. The Kier molecular flexibility index (Phi) is 5.43. The summed E-state index contributed by atoms with van der Waals surface area (Å²) in [5, 5.41) is 0. The number of nitrogens with one attached hydrogen (secondary N) is 2. The molecule has 5 nitrogen and oxygen atoms in total. The molecule has 0 radical (unpaired) electrons. The van der Waals surface area contributed by atoms with Crippen LogP contribution in [0.15, 0.2) is 48.8 Å². The van der Waals surface area contributed by atoms with Crippen molar-refractivity contribution in [3.05, 3.63) is 59.9 Å². The van der Waals surface area contributed by atoms with Crippen LogP contribution in [0.3, 0.4) is 0 Å². The number of hydrogen-bond donors (Lipinski definition) is 1. The Hall–Kier alpha value is -2.40. The first-order chi connectivity index (χ1) is 11.7. The predicted molar refractivity (Wildman–Crippen MR) is 90.7 cm³/mol. The van der Waals surface area contributed by atoms with Crippen molar-refractivity contribution < 1.29 is 19.4 Å². The molecule has 0 spiro atoms. The molecule has 1 aromatic heterocycles. The summed E-state index contributed by atoms with van der Waals surface area (Å²) in [5.41, 5.74) is 2.44. The Morgan fingerprint density at radius 1 is 1.25 bits per heavy atom. The molecular formula is C19H25N3O2+2. The van der Waals surface area contributed by atoms with E-state index in [4.69, 9.17) is 4.74 Å². The summed E-state index contributed by atoms with van der Waals surface area (Å²) in [4.78, 5) is 18.9. The second-order valence-electron chi connectivity index (χ2n) is 6.32. The van der Waals surface area contributed by atoms with Crippen molar-refractivity contribution in [3.8, 4) is 5.75 Å². The maximum absolute atomic E-state index is 12.3. The maximum atomic E-state index is 12.3. The lowest BCUT2D eigenvalue weighted by atomic mass is 10.2. The van der Waals surface area contributed by atoms with Crippen LogP contribution < -0.4 is 14.6 Å². The summed E-state index contributed by atoms with van der Waals surface area (Å²) in [6, 6.07) is 12.0. The van der Waals surface area contributed by atoms with Gasteiger partial charge >= 0.3 is 0 Å². The molecule has 3 rings (SSSR count). The van der Waals surface area contributed by atoms with Gasteiger partial charge in [-0.15, -0.1) is 0 Å². The van der Waals surface area contributed by atoms with Gasteiger partial charge < -0.3 is 14.5 Å². The fourth-order valence-corrected chi connectivity index (χ4v) is 3.02. The summed E-state index contributed by atoms with van der Waals surface area (Å²) < 4.78 is 5.62. The van der Waals surface area contributed by atoms with Crippen LogP contribution in [0.4, 0.5) is 0 Å². The summed E-state index contributed by atoms with van der Waals surface area (Å²) in [6.07, 6.45) is 3.96. The third kappa shape index (κ3) is 4.55. The van der Waals surface area contributed by atoms with Crippen LogP contribution in [-0.2, 0) is 11.3 Å². The molecule has 2 heterocycles. The van der Waals surface area contributed by atoms with E-state index in [9.17, 15) is 4.79 Å². The summed E-state index contributed by atoms with van der Waals surface area (Å²) in [5.74, 6) is 0.830. The number of H-pyrrole nitrogens is 1. The third-order valence-electron chi connectivity index (χ3n) is 4.40. The van der Waals surface area contributed by atoms with Crippen LogP contribution in [0.5, 0.6) is 5.75 Å². The third-order valence-corrected chi connectivity index (χ3v) is 4.40. The van der Waals surface area contributed by atoms with Gasteiger partial charge in [0.2, 0.25) is 0 Å². The number of aromatic nitrogens is 1. The van der Waals surface area contributed by atoms with E-state index in [0.717, 1.165) is 44.0 Å². The average molecular weight is 327 g/mol. The second-order valence-corrected chi connectivity index (χ2v) is 6.32. The molecule has 0 atom stereocenters. The van der Waals surface area contributed by atoms with Gasteiger partial charge in [0.15, 0.2) is 19.0 Å². The lowest BCUT2D eigenvalue weighted by molar-refractivity contribution is -0.917. The summed E-state index contributed by atoms with van der Waals surface area (Å²) in [6.45, 7) is 6.67. The normalized spacial score (nSPS) is 15.3. The van der Waals surface area contributed by atoms with Gasteiger partial charge in [-0.25, -0.2) is 4.98 Å². The molecule has 2 aromatic rings. The minimum Gasteiger partial charge on any atom is -0.484 e. The van der Waals surface area contributed by atoms with Crippen molar-refractivity contribution in [1.29, 1.82) is 0 Å². The first kappa shape index (κ1) is 16.5. The highest BCUT2D eigenvalue weighted by Gasteiger charge is 2.24. The molecule has 1 aromatic carbocycles. The van der Waals surface area contributed by atoms with Gasteiger partial charge in [0.1, 0.15) is 12.3 Å². The highest BCUT2D eigenvalue weighted by Crippen LogP contribution is 2.12. The number of ether oxygens (including phenoxy) is 1. The Balaban J connectivity index is 1.43. The number of hydrogen-bond acceptors (Lipinski definition) is 2. The van der Waals surface area contributed by atoms with Crippen molar-refractivity contribution in [2.45, 2.75) is 13.5 Å². The predicted octanol–water partition coefficient (Wildman–Crippen LogP) is 0.115. The maximum Gasteiger partial charge on any atom is 0.260 e. The molecule has 1 amide bonds. The number of amides is 1. The van der Waals surface area contributed by atoms with Crippen LogP contribution in [0, 0.1) is 6.92 Å². The van der Waals surface area contributed by atoms with Crippen LogP contribution in [-0.4, -0.2) is 43.6 Å². The number of aromatic amines is 1. The van der Waals surface area contributed by atoms with Crippen molar-refractivity contribution >= 4 is 5.91 Å². The molecule has 1 aliphatic rings. The van der Waals surface area contributed by atoms with Gasteiger partial charge in [0.05, 0.1) is 31.7 Å². The minimum absolute atomic E-state index is 0.0728. The Morgan fingerprint density at radius 3 is 2.79 bits per heavy atom. The van der Waals surface area contributed by atoms with Crippen molar-refractivity contribution in [1.82, 2.24) is 4.90 Å². The zero-order valence-corrected chi connectivity index (χ0v) is 14.1. The van der Waals surface area contributed by atoms with Gasteiger partial charge in [0.25, 0.3) is 5.91 Å². The molecule has 0 aliphatic carbocycles. The molecule has 5 heteroatoms. The van der Waals surface area contributed by atoms with E-state index in [1.807, 2.05) is 54.5 Å². The molecule has 24 heavy (non-hydrogen) atoms. The van der Waals surface area contributed by atoms with Gasteiger partial charge in [-0.1, -0.05) is 12.1 Å². The molecular weight excluding hydrogens is 302 g/mol. The smallest absolute Gasteiger partial charge is 0.260 e. The summed E-state index contributed by atoms with van der Waals surface area (Å²) in [7, 11) is 0. The molecule has 126 valence electrons.